The molecule has 2 saturated heterocycles. The van der Waals surface area contributed by atoms with E-state index >= 15 is 0 Å². The summed E-state index contributed by atoms with van der Waals surface area (Å²) in [7, 11) is 0. The number of urea groups is 1. The van der Waals surface area contributed by atoms with E-state index in [4.69, 9.17) is 0 Å². The molecule has 9 heteroatoms. The van der Waals surface area contributed by atoms with Crippen molar-refractivity contribution in [1.29, 1.82) is 0 Å². The molecule has 31 heavy (non-hydrogen) atoms. The third-order valence-electron chi connectivity index (χ3n) is 6.68. The molecule has 1 N–H and O–H groups in total. The summed E-state index contributed by atoms with van der Waals surface area (Å²) >= 11 is 0. The Morgan fingerprint density at radius 1 is 1.03 bits per heavy atom. The third-order valence-corrected chi connectivity index (χ3v) is 6.68. The standard InChI is InChI=1S/C22H27FN4O4/c1-15-6-8-22(9-7-15)20(30)27(21(31)24-22)14-18(28)25-10-12-26(13-11-25)19(29)16-2-4-17(23)5-3-16/h2-5,15H,6-14H2,1H3,(H,24,31). The van der Waals surface area contributed by atoms with Gasteiger partial charge in [-0.25, -0.2) is 9.18 Å². The van der Waals surface area contributed by atoms with Gasteiger partial charge in [-0.1, -0.05) is 6.92 Å². The van der Waals surface area contributed by atoms with Crippen molar-refractivity contribution in [3.05, 3.63) is 35.6 Å². The van der Waals surface area contributed by atoms with Crippen LogP contribution in [0.3, 0.4) is 0 Å². The van der Waals surface area contributed by atoms with Gasteiger partial charge in [0.2, 0.25) is 5.91 Å². The second-order valence-corrected chi connectivity index (χ2v) is 8.77. The Morgan fingerprint density at radius 2 is 1.61 bits per heavy atom. The van der Waals surface area contributed by atoms with Crippen LogP contribution in [-0.2, 0) is 9.59 Å². The molecule has 0 unspecified atom stereocenters. The van der Waals surface area contributed by atoms with Crippen LogP contribution in [0.1, 0.15) is 43.0 Å². The molecule has 1 aromatic rings. The van der Waals surface area contributed by atoms with Crippen LogP contribution in [0.4, 0.5) is 9.18 Å². The maximum atomic E-state index is 13.1. The highest BCUT2D eigenvalue weighted by Crippen LogP contribution is 2.36. The summed E-state index contributed by atoms with van der Waals surface area (Å²) < 4.78 is 13.1. The number of hydrogen-bond donors (Lipinski definition) is 1. The van der Waals surface area contributed by atoms with Gasteiger partial charge in [-0.15, -0.1) is 0 Å². The average molecular weight is 430 g/mol. The van der Waals surface area contributed by atoms with Gasteiger partial charge in [0.25, 0.3) is 11.8 Å². The van der Waals surface area contributed by atoms with Crippen LogP contribution in [0.25, 0.3) is 0 Å². The molecule has 0 atom stereocenters. The number of rotatable bonds is 3. The average Bonchev–Trinajstić information content (AvgIpc) is 3.00. The first-order valence-corrected chi connectivity index (χ1v) is 10.8. The zero-order valence-electron chi connectivity index (χ0n) is 17.6. The van der Waals surface area contributed by atoms with E-state index in [0.29, 0.717) is 50.5 Å². The molecule has 166 valence electrons. The first-order chi connectivity index (χ1) is 14.8. The molecular formula is C22H27FN4O4. The highest BCUT2D eigenvalue weighted by molar-refractivity contribution is 6.09. The van der Waals surface area contributed by atoms with E-state index < -0.39 is 17.4 Å². The molecule has 1 aliphatic carbocycles. The fourth-order valence-corrected chi connectivity index (χ4v) is 4.58. The van der Waals surface area contributed by atoms with Crippen LogP contribution in [0.2, 0.25) is 0 Å². The summed E-state index contributed by atoms with van der Waals surface area (Å²) in [4.78, 5) is 54.9. The van der Waals surface area contributed by atoms with Crippen molar-refractivity contribution < 1.29 is 23.6 Å². The summed E-state index contributed by atoms with van der Waals surface area (Å²) in [5.41, 5.74) is -0.461. The summed E-state index contributed by atoms with van der Waals surface area (Å²) in [5.74, 6) is -0.701. The maximum absolute atomic E-state index is 13.1. The molecule has 2 heterocycles. The molecule has 8 nitrogen and oxygen atoms in total. The van der Waals surface area contributed by atoms with Crippen molar-refractivity contribution in [2.75, 3.05) is 32.7 Å². The van der Waals surface area contributed by atoms with Crippen LogP contribution >= 0.6 is 0 Å². The van der Waals surface area contributed by atoms with Crippen molar-refractivity contribution in [3.63, 3.8) is 0 Å². The van der Waals surface area contributed by atoms with Crippen LogP contribution in [0.15, 0.2) is 24.3 Å². The summed E-state index contributed by atoms with van der Waals surface area (Å²) in [6.07, 6.45) is 2.96. The molecule has 0 aromatic heterocycles. The van der Waals surface area contributed by atoms with Crippen LogP contribution in [0, 0.1) is 11.7 Å². The largest absolute Gasteiger partial charge is 0.338 e. The zero-order valence-corrected chi connectivity index (χ0v) is 17.6. The van der Waals surface area contributed by atoms with E-state index in [1.807, 2.05) is 0 Å². The molecular weight excluding hydrogens is 403 g/mol. The monoisotopic (exact) mass is 430 g/mol. The quantitative estimate of drug-likeness (QED) is 0.738. The lowest BCUT2D eigenvalue weighted by atomic mass is 9.77. The number of hydrogen-bond acceptors (Lipinski definition) is 4. The predicted molar refractivity (Wildman–Crippen MR) is 109 cm³/mol. The molecule has 1 aromatic carbocycles. The van der Waals surface area contributed by atoms with Crippen LogP contribution in [-0.4, -0.2) is 76.7 Å². The molecule has 2 aliphatic heterocycles. The van der Waals surface area contributed by atoms with E-state index in [1.54, 1.807) is 9.80 Å². The Labute approximate surface area is 180 Å². The molecule has 1 saturated carbocycles. The molecule has 1 spiro atoms. The van der Waals surface area contributed by atoms with Gasteiger partial charge in [-0.3, -0.25) is 19.3 Å². The van der Waals surface area contributed by atoms with Gasteiger partial charge < -0.3 is 15.1 Å². The number of benzene rings is 1. The lowest BCUT2D eigenvalue weighted by Crippen LogP contribution is -2.53. The van der Waals surface area contributed by atoms with Gasteiger partial charge in [-0.05, 0) is 55.9 Å². The smallest absolute Gasteiger partial charge is 0.325 e. The van der Waals surface area contributed by atoms with Gasteiger partial charge in [0.15, 0.2) is 0 Å². The number of carbonyl (C=O) groups excluding carboxylic acids is 4. The Morgan fingerprint density at radius 3 is 2.23 bits per heavy atom. The normalized spacial score (nSPS) is 26.4. The minimum atomic E-state index is -0.857. The molecule has 5 amide bonds. The number of nitrogens with one attached hydrogen (secondary N) is 1. The van der Waals surface area contributed by atoms with Gasteiger partial charge >= 0.3 is 6.03 Å². The second-order valence-electron chi connectivity index (χ2n) is 8.77. The summed E-state index contributed by atoms with van der Waals surface area (Å²) in [5, 5.41) is 2.83. The van der Waals surface area contributed by atoms with Crippen LogP contribution < -0.4 is 5.32 Å². The van der Waals surface area contributed by atoms with Gasteiger partial charge in [-0.2, -0.15) is 0 Å². The first-order valence-electron chi connectivity index (χ1n) is 10.8. The highest BCUT2D eigenvalue weighted by Gasteiger charge is 2.52. The van der Waals surface area contributed by atoms with Gasteiger partial charge in [0, 0.05) is 31.7 Å². The zero-order chi connectivity index (χ0) is 22.2. The first kappa shape index (κ1) is 21.3. The number of imide groups is 1. The number of halogens is 1. The van der Waals surface area contributed by atoms with Crippen molar-refractivity contribution in [2.24, 2.45) is 5.92 Å². The van der Waals surface area contributed by atoms with Gasteiger partial charge in [0.1, 0.15) is 17.9 Å². The Hall–Kier alpha value is -2.97. The predicted octanol–water partition coefficient (Wildman–Crippen LogP) is 1.61. The summed E-state index contributed by atoms with van der Waals surface area (Å²) in [6.45, 7) is 3.16. The Kier molecular flexibility index (Phi) is 5.68. The molecule has 3 fully saturated rings. The fraction of sp³-hybridized carbons (Fsp3) is 0.545. The minimum absolute atomic E-state index is 0.213. The summed E-state index contributed by atoms with van der Waals surface area (Å²) in [6, 6.07) is 4.86. The molecule has 0 radical (unpaired) electrons. The number of amides is 5. The maximum Gasteiger partial charge on any atom is 0.325 e. The molecule has 3 aliphatic rings. The molecule has 0 bridgehead atoms. The van der Waals surface area contributed by atoms with Crippen molar-refractivity contribution in [3.8, 4) is 0 Å². The van der Waals surface area contributed by atoms with Gasteiger partial charge in [0.05, 0.1) is 0 Å². The minimum Gasteiger partial charge on any atom is -0.338 e. The van der Waals surface area contributed by atoms with Crippen molar-refractivity contribution >= 4 is 23.8 Å². The van der Waals surface area contributed by atoms with E-state index in [-0.39, 0.29) is 24.3 Å². The van der Waals surface area contributed by atoms with Crippen LogP contribution in [0.5, 0.6) is 0 Å². The number of carbonyl (C=O) groups is 4. The number of nitrogens with zero attached hydrogens (tertiary/aromatic N) is 3. The number of piperazine rings is 1. The van der Waals surface area contributed by atoms with Crippen molar-refractivity contribution in [1.82, 2.24) is 20.0 Å². The lowest BCUT2D eigenvalue weighted by molar-refractivity contribution is -0.140. The fourth-order valence-electron chi connectivity index (χ4n) is 4.58. The Bertz CT molecular complexity index is 887. The lowest BCUT2D eigenvalue weighted by Gasteiger charge is -2.35. The van der Waals surface area contributed by atoms with E-state index in [1.165, 1.54) is 24.3 Å². The highest BCUT2D eigenvalue weighted by atomic mass is 19.1. The topological polar surface area (TPSA) is 90.0 Å². The Balaban J connectivity index is 1.32. The second kappa shape index (κ2) is 8.28. The SMILES string of the molecule is CC1CCC2(CC1)NC(=O)N(CC(=O)N1CCN(C(=O)c3ccc(F)cc3)CC1)C2=O. The van der Waals surface area contributed by atoms with E-state index in [2.05, 4.69) is 12.2 Å². The van der Waals surface area contributed by atoms with E-state index in [0.717, 1.165) is 17.7 Å². The molecule has 4 rings (SSSR count). The third kappa shape index (κ3) is 4.13. The van der Waals surface area contributed by atoms with Crippen molar-refractivity contribution in [2.45, 2.75) is 38.1 Å². The van der Waals surface area contributed by atoms with E-state index in [9.17, 15) is 23.6 Å².